The van der Waals surface area contributed by atoms with E-state index in [-0.39, 0.29) is 11.1 Å². The molecule has 1 saturated heterocycles. The van der Waals surface area contributed by atoms with Gasteiger partial charge >= 0.3 is 16.2 Å². The van der Waals surface area contributed by atoms with Crippen molar-refractivity contribution in [2.45, 2.75) is 12.1 Å². The fourth-order valence-corrected chi connectivity index (χ4v) is 3.62. The SMILES string of the molecule is NS(=O)(=O)n1ccc(-c2cccc(C(=O)NC3CNCC3O)c2)c1C(=O)O. The van der Waals surface area contributed by atoms with Gasteiger partial charge in [-0.25, -0.2) is 13.9 Å². The molecule has 10 nitrogen and oxygen atoms in total. The van der Waals surface area contributed by atoms with Crippen LogP contribution in [-0.2, 0) is 10.2 Å². The predicted octanol–water partition coefficient (Wildman–Crippen LogP) is -1.03. The van der Waals surface area contributed by atoms with Gasteiger partial charge in [-0.3, -0.25) is 4.79 Å². The molecule has 1 aromatic carbocycles. The molecule has 0 bridgehead atoms. The molecular weight excluding hydrogens is 376 g/mol. The third-order valence-electron chi connectivity index (χ3n) is 4.26. The van der Waals surface area contributed by atoms with E-state index in [1.165, 1.54) is 18.2 Å². The van der Waals surface area contributed by atoms with Gasteiger partial charge in [0.2, 0.25) is 0 Å². The van der Waals surface area contributed by atoms with Crippen LogP contribution in [0, 0.1) is 0 Å². The quantitative estimate of drug-likeness (QED) is 0.432. The van der Waals surface area contributed by atoms with Crippen molar-refractivity contribution in [2.75, 3.05) is 13.1 Å². The van der Waals surface area contributed by atoms with E-state index in [0.717, 1.165) is 6.20 Å². The standard InChI is InChI=1S/C16H18N4O6S/c17-27(25,26)20-5-4-11(14(20)16(23)24)9-2-1-3-10(6-9)15(22)19-12-7-18-8-13(12)21/h1-6,12-13,18,21H,7-8H2,(H,19,22)(H,23,24)(H2,17,25,26). The molecule has 2 heterocycles. The van der Waals surface area contributed by atoms with Crippen molar-refractivity contribution in [2.24, 2.45) is 5.14 Å². The Kier molecular flexibility index (Phi) is 5.02. The molecule has 27 heavy (non-hydrogen) atoms. The zero-order valence-corrected chi connectivity index (χ0v) is 14.8. The number of rotatable bonds is 5. The Bertz CT molecular complexity index is 1000. The van der Waals surface area contributed by atoms with Gasteiger partial charge in [0.05, 0.1) is 12.1 Å². The number of β-amino-alcohol motifs (C(OH)–C–C–N with tert-alkyl or cyclic N) is 1. The third-order valence-corrected chi connectivity index (χ3v) is 5.12. The maximum absolute atomic E-state index is 12.4. The number of hydrogen-bond acceptors (Lipinski definition) is 6. The number of amides is 1. The van der Waals surface area contributed by atoms with Gasteiger partial charge in [0.15, 0.2) is 5.69 Å². The van der Waals surface area contributed by atoms with Crippen molar-refractivity contribution in [3.8, 4) is 11.1 Å². The highest BCUT2D eigenvalue weighted by Gasteiger charge is 2.27. The van der Waals surface area contributed by atoms with Gasteiger partial charge in [0.1, 0.15) is 0 Å². The number of aromatic nitrogens is 1. The first kappa shape index (κ1) is 19.0. The van der Waals surface area contributed by atoms with E-state index < -0.39 is 39.9 Å². The van der Waals surface area contributed by atoms with Crippen LogP contribution >= 0.6 is 0 Å². The van der Waals surface area contributed by atoms with Crippen molar-refractivity contribution in [1.82, 2.24) is 14.6 Å². The molecule has 1 aliphatic heterocycles. The van der Waals surface area contributed by atoms with Gasteiger partial charge in [-0.05, 0) is 23.8 Å². The Hall–Kier alpha value is -2.73. The number of aliphatic hydroxyl groups excluding tert-OH is 1. The van der Waals surface area contributed by atoms with Crippen molar-refractivity contribution < 1.29 is 28.2 Å². The summed E-state index contributed by atoms with van der Waals surface area (Å²) in [6, 6.07) is 6.95. The Morgan fingerprint density at radius 2 is 2.00 bits per heavy atom. The minimum Gasteiger partial charge on any atom is -0.477 e. The average molecular weight is 394 g/mol. The number of nitrogens with one attached hydrogen (secondary N) is 2. The molecule has 2 unspecified atom stereocenters. The molecular formula is C16H18N4O6S. The van der Waals surface area contributed by atoms with Gasteiger partial charge in [-0.1, -0.05) is 12.1 Å². The van der Waals surface area contributed by atoms with Crippen LogP contribution in [0.25, 0.3) is 11.1 Å². The number of hydrogen-bond donors (Lipinski definition) is 5. The molecule has 6 N–H and O–H groups in total. The second-order valence-corrected chi connectivity index (χ2v) is 7.53. The topological polar surface area (TPSA) is 164 Å². The van der Waals surface area contributed by atoms with E-state index in [1.54, 1.807) is 12.1 Å². The molecule has 1 amide bonds. The summed E-state index contributed by atoms with van der Waals surface area (Å²) in [4.78, 5) is 24.0. The maximum Gasteiger partial charge on any atom is 0.354 e. The zero-order chi connectivity index (χ0) is 19.8. The smallest absolute Gasteiger partial charge is 0.354 e. The Labute approximate surface area is 154 Å². The summed E-state index contributed by atoms with van der Waals surface area (Å²) < 4.78 is 23.6. The van der Waals surface area contributed by atoms with E-state index in [4.69, 9.17) is 5.14 Å². The van der Waals surface area contributed by atoms with Crippen LogP contribution in [0.2, 0.25) is 0 Å². The van der Waals surface area contributed by atoms with E-state index >= 15 is 0 Å². The molecule has 0 aliphatic carbocycles. The second-order valence-electron chi connectivity index (χ2n) is 6.11. The first-order chi connectivity index (χ1) is 12.7. The van der Waals surface area contributed by atoms with Crippen molar-refractivity contribution in [3.05, 3.63) is 47.8 Å². The summed E-state index contributed by atoms with van der Waals surface area (Å²) in [6.45, 7) is 0.820. The maximum atomic E-state index is 12.4. The minimum absolute atomic E-state index is 0.105. The summed E-state index contributed by atoms with van der Waals surface area (Å²) in [5, 5.41) is 29.9. The van der Waals surface area contributed by atoms with Gasteiger partial charge in [0.25, 0.3) is 5.91 Å². The Balaban J connectivity index is 1.95. The van der Waals surface area contributed by atoms with Gasteiger partial charge in [0, 0.05) is 30.4 Å². The van der Waals surface area contributed by atoms with Crippen LogP contribution in [0.3, 0.4) is 0 Å². The number of aromatic carboxylic acids is 1. The van der Waals surface area contributed by atoms with E-state index in [2.05, 4.69) is 10.6 Å². The lowest BCUT2D eigenvalue weighted by Crippen LogP contribution is -2.42. The molecule has 3 rings (SSSR count). The molecule has 1 fully saturated rings. The summed E-state index contributed by atoms with van der Waals surface area (Å²) in [5.74, 6) is -1.91. The minimum atomic E-state index is -4.29. The normalized spacial score (nSPS) is 19.8. The third kappa shape index (κ3) is 3.85. The average Bonchev–Trinajstić information content (AvgIpc) is 3.21. The van der Waals surface area contributed by atoms with Crippen molar-refractivity contribution >= 4 is 22.1 Å². The molecule has 2 atom stereocenters. The van der Waals surface area contributed by atoms with Crippen LogP contribution in [0.5, 0.6) is 0 Å². The summed E-state index contributed by atoms with van der Waals surface area (Å²) >= 11 is 0. The van der Waals surface area contributed by atoms with E-state index in [1.807, 2.05) is 0 Å². The molecule has 0 radical (unpaired) electrons. The fraction of sp³-hybridized carbons (Fsp3) is 0.250. The van der Waals surface area contributed by atoms with E-state index in [9.17, 15) is 28.2 Å². The lowest BCUT2D eigenvalue weighted by Gasteiger charge is -2.15. The fourth-order valence-electron chi connectivity index (χ4n) is 2.96. The summed E-state index contributed by atoms with van der Waals surface area (Å²) in [6.07, 6.45) is 0.348. The molecule has 144 valence electrons. The number of nitrogens with zero attached hydrogens (tertiary/aromatic N) is 1. The first-order valence-electron chi connectivity index (χ1n) is 7.96. The summed E-state index contributed by atoms with van der Waals surface area (Å²) in [5.41, 5.74) is 0.165. The van der Waals surface area contributed by atoms with Crippen molar-refractivity contribution in [1.29, 1.82) is 0 Å². The van der Waals surface area contributed by atoms with Crippen LogP contribution in [-0.4, -0.2) is 59.7 Å². The predicted molar refractivity (Wildman–Crippen MR) is 95.5 cm³/mol. The molecule has 1 aliphatic rings. The number of carboxylic acid groups (broad SMARTS) is 1. The number of carboxylic acids is 1. The largest absolute Gasteiger partial charge is 0.477 e. The molecule has 11 heteroatoms. The van der Waals surface area contributed by atoms with Crippen LogP contribution < -0.4 is 15.8 Å². The monoisotopic (exact) mass is 394 g/mol. The number of nitrogens with two attached hydrogens (primary N) is 1. The molecule has 2 aromatic rings. The van der Waals surface area contributed by atoms with Gasteiger partial charge in [-0.15, -0.1) is 0 Å². The molecule has 0 saturated carbocycles. The highest BCUT2D eigenvalue weighted by atomic mass is 32.2. The Morgan fingerprint density at radius 3 is 2.59 bits per heavy atom. The Morgan fingerprint density at radius 1 is 1.26 bits per heavy atom. The van der Waals surface area contributed by atoms with Gasteiger partial charge in [-0.2, -0.15) is 8.42 Å². The van der Waals surface area contributed by atoms with Crippen LogP contribution in [0.4, 0.5) is 0 Å². The highest BCUT2D eigenvalue weighted by Crippen LogP contribution is 2.26. The van der Waals surface area contributed by atoms with Crippen LogP contribution in [0.1, 0.15) is 20.8 Å². The summed E-state index contributed by atoms with van der Waals surface area (Å²) in [7, 11) is -4.29. The molecule has 0 spiro atoms. The van der Waals surface area contributed by atoms with E-state index in [0.29, 0.717) is 22.6 Å². The number of carbonyl (C=O) groups excluding carboxylic acids is 1. The highest BCUT2D eigenvalue weighted by molar-refractivity contribution is 7.87. The zero-order valence-electron chi connectivity index (χ0n) is 14.0. The first-order valence-corrected chi connectivity index (χ1v) is 9.47. The second kappa shape index (κ2) is 7.12. The number of benzene rings is 1. The number of aliphatic hydroxyl groups is 1. The lowest BCUT2D eigenvalue weighted by atomic mass is 10.0. The molecule has 1 aromatic heterocycles. The number of carbonyl (C=O) groups is 2. The van der Waals surface area contributed by atoms with Crippen LogP contribution in [0.15, 0.2) is 36.5 Å². The van der Waals surface area contributed by atoms with Crippen molar-refractivity contribution in [3.63, 3.8) is 0 Å². The lowest BCUT2D eigenvalue weighted by molar-refractivity contribution is 0.0690. The van der Waals surface area contributed by atoms with Gasteiger partial charge < -0.3 is 20.8 Å².